The molecule has 0 bridgehead atoms. The Bertz CT molecular complexity index is 1210. The van der Waals surface area contributed by atoms with Crippen molar-refractivity contribution in [2.45, 2.75) is 13.5 Å². The van der Waals surface area contributed by atoms with Crippen molar-refractivity contribution in [2.24, 2.45) is 4.99 Å². The molecule has 0 unspecified atom stereocenters. The summed E-state index contributed by atoms with van der Waals surface area (Å²) < 4.78 is 16.1. The summed E-state index contributed by atoms with van der Waals surface area (Å²) in [5.74, 6) is -0.597. The molecular formula is C21H16FN3O2. The van der Waals surface area contributed by atoms with E-state index in [1.807, 2.05) is 30.3 Å². The maximum Gasteiger partial charge on any atom is 0.271 e. The number of non-ortho nitro benzene ring substituents is 1. The van der Waals surface area contributed by atoms with Gasteiger partial charge < -0.3 is 4.57 Å². The van der Waals surface area contributed by atoms with Gasteiger partial charge in [0, 0.05) is 46.7 Å². The van der Waals surface area contributed by atoms with Gasteiger partial charge in [0.15, 0.2) is 0 Å². The number of para-hydroxylation sites is 1. The SMILES string of the molecule is CCn1c2ccccc2c2cc(C=Nc3cc([N+](=O)[O-])ccc3F)ccc21. The number of nitrogens with zero attached hydrogens (tertiary/aromatic N) is 3. The van der Waals surface area contributed by atoms with Crippen molar-refractivity contribution in [1.82, 2.24) is 4.57 Å². The number of fused-ring (bicyclic) bond motifs is 3. The topological polar surface area (TPSA) is 60.4 Å². The minimum Gasteiger partial charge on any atom is -0.341 e. The van der Waals surface area contributed by atoms with E-state index in [0.29, 0.717) is 0 Å². The van der Waals surface area contributed by atoms with Crippen LogP contribution in [-0.4, -0.2) is 15.7 Å². The zero-order chi connectivity index (χ0) is 19.0. The van der Waals surface area contributed by atoms with Crippen LogP contribution in [0.3, 0.4) is 0 Å². The van der Waals surface area contributed by atoms with E-state index in [-0.39, 0.29) is 11.4 Å². The van der Waals surface area contributed by atoms with Crippen LogP contribution in [0, 0.1) is 15.9 Å². The van der Waals surface area contributed by atoms with E-state index in [4.69, 9.17) is 0 Å². The molecule has 0 aliphatic rings. The van der Waals surface area contributed by atoms with Gasteiger partial charge in [0.1, 0.15) is 11.5 Å². The van der Waals surface area contributed by atoms with Crippen molar-refractivity contribution in [1.29, 1.82) is 0 Å². The van der Waals surface area contributed by atoms with Gasteiger partial charge >= 0.3 is 0 Å². The monoisotopic (exact) mass is 361 g/mol. The molecule has 0 spiro atoms. The third kappa shape index (κ3) is 2.95. The first-order valence-electron chi connectivity index (χ1n) is 8.57. The number of benzene rings is 3. The lowest BCUT2D eigenvalue weighted by atomic mass is 10.1. The Hall–Kier alpha value is -3.54. The van der Waals surface area contributed by atoms with E-state index in [1.54, 1.807) is 0 Å². The highest BCUT2D eigenvalue weighted by molar-refractivity contribution is 6.09. The number of aryl methyl sites for hydroxylation is 1. The Morgan fingerprint density at radius 3 is 2.63 bits per heavy atom. The smallest absolute Gasteiger partial charge is 0.271 e. The lowest BCUT2D eigenvalue weighted by Gasteiger charge is -2.02. The average Bonchev–Trinajstić information content (AvgIpc) is 3.00. The lowest BCUT2D eigenvalue weighted by Crippen LogP contribution is -1.92. The van der Waals surface area contributed by atoms with Gasteiger partial charge in [0.2, 0.25) is 0 Å². The van der Waals surface area contributed by atoms with Gasteiger partial charge in [-0.25, -0.2) is 4.39 Å². The van der Waals surface area contributed by atoms with Crippen LogP contribution in [0.5, 0.6) is 0 Å². The number of aromatic nitrogens is 1. The van der Waals surface area contributed by atoms with Gasteiger partial charge in [-0.3, -0.25) is 15.1 Å². The maximum absolute atomic E-state index is 13.9. The van der Waals surface area contributed by atoms with Gasteiger partial charge in [-0.1, -0.05) is 24.3 Å². The van der Waals surface area contributed by atoms with Crippen molar-refractivity contribution in [3.63, 3.8) is 0 Å². The van der Waals surface area contributed by atoms with Crippen LogP contribution < -0.4 is 0 Å². The highest BCUT2D eigenvalue weighted by Gasteiger charge is 2.11. The molecule has 0 N–H and O–H groups in total. The van der Waals surface area contributed by atoms with Crippen molar-refractivity contribution in [3.05, 3.63) is 82.2 Å². The largest absolute Gasteiger partial charge is 0.341 e. The van der Waals surface area contributed by atoms with Crippen molar-refractivity contribution in [2.75, 3.05) is 0 Å². The highest BCUT2D eigenvalue weighted by atomic mass is 19.1. The molecule has 4 rings (SSSR count). The van der Waals surface area contributed by atoms with E-state index in [9.17, 15) is 14.5 Å². The van der Waals surface area contributed by atoms with Crippen LogP contribution >= 0.6 is 0 Å². The van der Waals surface area contributed by atoms with E-state index >= 15 is 0 Å². The fourth-order valence-electron chi connectivity index (χ4n) is 3.35. The quantitative estimate of drug-likeness (QED) is 0.269. The molecule has 5 nitrogen and oxygen atoms in total. The summed E-state index contributed by atoms with van der Waals surface area (Å²) in [6, 6.07) is 17.4. The normalized spacial score (nSPS) is 11.6. The number of hydrogen-bond donors (Lipinski definition) is 0. The molecule has 4 aromatic rings. The molecule has 0 saturated carbocycles. The molecule has 1 heterocycles. The Morgan fingerprint density at radius 2 is 1.85 bits per heavy atom. The standard InChI is InChI=1S/C21H16FN3O2/c1-2-24-20-6-4-3-5-16(20)17-11-14(7-10-21(17)24)13-23-19-12-15(25(26)27)8-9-18(19)22/h3-13H,2H2,1H3. The highest BCUT2D eigenvalue weighted by Crippen LogP contribution is 2.30. The van der Waals surface area contributed by atoms with Crippen molar-refractivity contribution >= 4 is 39.4 Å². The molecule has 134 valence electrons. The summed E-state index contributed by atoms with van der Waals surface area (Å²) in [5, 5.41) is 13.1. The number of hydrogen-bond acceptors (Lipinski definition) is 3. The van der Waals surface area contributed by atoms with Crippen LogP contribution in [0.2, 0.25) is 0 Å². The average molecular weight is 361 g/mol. The van der Waals surface area contributed by atoms with Crippen LogP contribution in [-0.2, 0) is 6.54 Å². The summed E-state index contributed by atoms with van der Waals surface area (Å²) in [6.07, 6.45) is 1.53. The third-order valence-electron chi connectivity index (χ3n) is 4.61. The molecule has 0 aliphatic heterocycles. The van der Waals surface area contributed by atoms with E-state index < -0.39 is 10.7 Å². The predicted octanol–water partition coefficient (Wildman–Crippen LogP) is 5.61. The van der Waals surface area contributed by atoms with Gasteiger partial charge in [-0.15, -0.1) is 0 Å². The predicted molar refractivity (Wildman–Crippen MR) is 105 cm³/mol. The van der Waals surface area contributed by atoms with Gasteiger partial charge in [0.05, 0.1) is 4.92 Å². The van der Waals surface area contributed by atoms with E-state index in [1.165, 1.54) is 6.21 Å². The summed E-state index contributed by atoms with van der Waals surface area (Å²) in [6.45, 7) is 2.96. The maximum atomic E-state index is 13.9. The second kappa shape index (κ2) is 6.64. The van der Waals surface area contributed by atoms with Gasteiger partial charge in [-0.2, -0.15) is 0 Å². The van der Waals surface area contributed by atoms with E-state index in [0.717, 1.165) is 52.1 Å². The molecule has 1 aromatic heterocycles. The van der Waals surface area contributed by atoms with Gasteiger partial charge in [0.25, 0.3) is 5.69 Å². The molecule has 27 heavy (non-hydrogen) atoms. The molecule has 0 saturated heterocycles. The summed E-state index contributed by atoms with van der Waals surface area (Å²) in [5.41, 5.74) is 2.84. The van der Waals surface area contributed by atoms with Crippen LogP contribution in [0.1, 0.15) is 12.5 Å². The summed E-state index contributed by atoms with van der Waals surface area (Å²) in [4.78, 5) is 14.4. The Kier molecular flexibility index (Phi) is 4.16. The van der Waals surface area contributed by atoms with Crippen molar-refractivity contribution in [3.8, 4) is 0 Å². The van der Waals surface area contributed by atoms with Crippen molar-refractivity contribution < 1.29 is 9.31 Å². The number of nitro groups is 1. The number of nitro benzene ring substituents is 1. The molecule has 0 aliphatic carbocycles. The number of aliphatic imine (C=N–C) groups is 1. The first kappa shape index (κ1) is 16.9. The Labute approximate surface area is 154 Å². The van der Waals surface area contributed by atoms with Crippen LogP contribution in [0.4, 0.5) is 15.8 Å². The van der Waals surface area contributed by atoms with E-state index in [2.05, 4.69) is 28.6 Å². The number of rotatable bonds is 4. The summed E-state index contributed by atoms with van der Waals surface area (Å²) in [7, 11) is 0. The fourth-order valence-corrected chi connectivity index (χ4v) is 3.35. The molecular weight excluding hydrogens is 345 g/mol. The Morgan fingerprint density at radius 1 is 1.07 bits per heavy atom. The Balaban J connectivity index is 1.79. The zero-order valence-electron chi connectivity index (χ0n) is 14.6. The molecule has 3 aromatic carbocycles. The summed E-state index contributed by atoms with van der Waals surface area (Å²) >= 11 is 0. The molecule has 0 fully saturated rings. The molecule has 6 heteroatoms. The second-order valence-corrected chi connectivity index (χ2v) is 6.19. The second-order valence-electron chi connectivity index (χ2n) is 6.19. The fraction of sp³-hybridized carbons (Fsp3) is 0.0952. The number of halogens is 1. The van der Waals surface area contributed by atoms with Gasteiger partial charge in [-0.05, 0) is 36.8 Å². The van der Waals surface area contributed by atoms with Crippen LogP contribution in [0.15, 0.2) is 65.7 Å². The lowest BCUT2D eigenvalue weighted by molar-refractivity contribution is -0.384. The molecule has 0 amide bonds. The molecule has 0 atom stereocenters. The minimum atomic E-state index is -0.597. The first-order chi connectivity index (χ1) is 13.1. The third-order valence-corrected chi connectivity index (χ3v) is 4.61. The zero-order valence-corrected chi connectivity index (χ0v) is 14.6. The minimum absolute atomic E-state index is 0.0553. The molecule has 0 radical (unpaired) electrons. The van der Waals surface area contributed by atoms with Crippen LogP contribution in [0.25, 0.3) is 21.8 Å². The first-order valence-corrected chi connectivity index (χ1v) is 8.57.